The van der Waals surface area contributed by atoms with Crippen molar-refractivity contribution in [2.45, 2.75) is 32.0 Å². The molecule has 2 aliphatic rings. The molecule has 1 aromatic rings. The van der Waals surface area contributed by atoms with Crippen LogP contribution in [0.2, 0.25) is 0 Å². The summed E-state index contributed by atoms with van der Waals surface area (Å²) in [7, 11) is 0. The number of cyclic esters (lactones) is 2. The summed E-state index contributed by atoms with van der Waals surface area (Å²) in [6.07, 6.45) is 1.43. The molecule has 0 aromatic heterocycles. The second-order valence-corrected chi connectivity index (χ2v) is 7.13. The molecular formula is C20H18N2O4. The highest BCUT2D eigenvalue weighted by Crippen LogP contribution is 2.64. The zero-order valence-corrected chi connectivity index (χ0v) is 14.6. The summed E-state index contributed by atoms with van der Waals surface area (Å²) in [5.74, 6) is -4.76. The molecule has 0 amide bonds. The molecular weight excluding hydrogens is 332 g/mol. The van der Waals surface area contributed by atoms with Crippen molar-refractivity contribution in [2.75, 3.05) is 0 Å². The van der Waals surface area contributed by atoms with Gasteiger partial charge in [-0.05, 0) is 12.0 Å². The van der Waals surface area contributed by atoms with Gasteiger partial charge in [-0.1, -0.05) is 36.4 Å². The molecule has 0 bridgehead atoms. The van der Waals surface area contributed by atoms with Gasteiger partial charge in [-0.15, -0.1) is 6.58 Å². The van der Waals surface area contributed by atoms with Gasteiger partial charge in [-0.25, -0.2) is 0 Å². The number of ether oxygens (including phenoxy) is 2. The van der Waals surface area contributed by atoms with Crippen LogP contribution in [0, 0.1) is 39.4 Å². The summed E-state index contributed by atoms with van der Waals surface area (Å²) in [6, 6.07) is 12.7. The average Bonchev–Trinajstić information content (AvgIpc) is 2.92. The van der Waals surface area contributed by atoms with Crippen LogP contribution in [-0.4, -0.2) is 17.7 Å². The van der Waals surface area contributed by atoms with E-state index in [4.69, 9.17) is 9.47 Å². The standard InChI is InChI=1S/C20H18N2O4/c1-4-14-10-19(11-21,12-22)15(13-8-6-5-7-9-13)20(14)16(23)25-18(2,3)26-17(20)24/h4-9,14-15H,1,10H2,2-3H3. The van der Waals surface area contributed by atoms with E-state index in [9.17, 15) is 20.1 Å². The van der Waals surface area contributed by atoms with E-state index in [2.05, 4.69) is 6.58 Å². The number of hydrogen-bond donors (Lipinski definition) is 0. The number of carbonyl (C=O) groups is 2. The van der Waals surface area contributed by atoms with E-state index in [0.29, 0.717) is 5.56 Å². The Labute approximate surface area is 151 Å². The van der Waals surface area contributed by atoms with E-state index in [1.165, 1.54) is 19.9 Å². The van der Waals surface area contributed by atoms with Gasteiger partial charge in [-0.2, -0.15) is 10.5 Å². The number of carbonyl (C=O) groups excluding carboxylic acids is 2. The van der Waals surface area contributed by atoms with Crippen LogP contribution in [0.5, 0.6) is 0 Å². The number of esters is 2. The molecule has 1 heterocycles. The van der Waals surface area contributed by atoms with Gasteiger partial charge in [0.1, 0.15) is 0 Å². The number of allylic oxidation sites excluding steroid dienone is 1. The van der Waals surface area contributed by atoms with Crippen LogP contribution in [0.25, 0.3) is 0 Å². The van der Waals surface area contributed by atoms with Crippen LogP contribution < -0.4 is 0 Å². The molecule has 6 heteroatoms. The maximum Gasteiger partial charge on any atom is 0.328 e. The van der Waals surface area contributed by atoms with Crippen LogP contribution in [0.15, 0.2) is 43.0 Å². The van der Waals surface area contributed by atoms with E-state index in [1.54, 1.807) is 30.3 Å². The molecule has 2 atom stereocenters. The van der Waals surface area contributed by atoms with Gasteiger partial charge in [0.05, 0.1) is 12.1 Å². The molecule has 6 nitrogen and oxygen atoms in total. The lowest BCUT2D eigenvalue weighted by Gasteiger charge is -2.43. The lowest BCUT2D eigenvalue weighted by atomic mass is 9.64. The van der Waals surface area contributed by atoms with Crippen molar-refractivity contribution < 1.29 is 19.1 Å². The van der Waals surface area contributed by atoms with Crippen molar-refractivity contribution in [2.24, 2.45) is 16.7 Å². The predicted molar refractivity (Wildman–Crippen MR) is 89.8 cm³/mol. The molecule has 1 saturated heterocycles. The fourth-order valence-corrected chi connectivity index (χ4v) is 4.19. The van der Waals surface area contributed by atoms with Crippen molar-refractivity contribution in [1.29, 1.82) is 10.5 Å². The quantitative estimate of drug-likeness (QED) is 0.462. The van der Waals surface area contributed by atoms with Crippen molar-refractivity contribution in [3.8, 4) is 12.1 Å². The zero-order chi connectivity index (χ0) is 19.2. The topological polar surface area (TPSA) is 100 Å². The van der Waals surface area contributed by atoms with Crippen LogP contribution in [0.4, 0.5) is 0 Å². The third kappa shape index (κ3) is 2.16. The second kappa shape index (κ2) is 5.71. The van der Waals surface area contributed by atoms with E-state index in [0.717, 1.165) is 0 Å². The molecule has 1 aromatic carbocycles. The minimum Gasteiger partial charge on any atom is -0.422 e. The van der Waals surface area contributed by atoms with Crippen LogP contribution in [0.3, 0.4) is 0 Å². The van der Waals surface area contributed by atoms with Gasteiger partial charge < -0.3 is 9.47 Å². The Morgan fingerprint density at radius 3 is 2.12 bits per heavy atom. The Morgan fingerprint density at radius 1 is 1.12 bits per heavy atom. The summed E-state index contributed by atoms with van der Waals surface area (Å²) in [6.45, 7) is 6.66. The summed E-state index contributed by atoms with van der Waals surface area (Å²) < 4.78 is 10.8. The number of benzene rings is 1. The van der Waals surface area contributed by atoms with Gasteiger partial charge in [0, 0.05) is 25.7 Å². The Balaban J connectivity index is 2.32. The first-order chi connectivity index (χ1) is 12.3. The van der Waals surface area contributed by atoms with Gasteiger partial charge in [-0.3, -0.25) is 9.59 Å². The van der Waals surface area contributed by atoms with Crippen molar-refractivity contribution in [1.82, 2.24) is 0 Å². The SMILES string of the molecule is C=CC1CC(C#N)(C#N)C(c2ccccc2)C12C(=O)OC(C)(C)OC2=O. The fraction of sp³-hybridized carbons (Fsp3) is 0.400. The van der Waals surface area contributed by atoms with E-state index in [1.807, 2.05) is 12.1 Å². The predicted octanol–water partition coefficient (Wildman–Crippen LogP) is 2.83. The lowest BCUT2D eigenvalue weighted by molar-refractivity contribution is -0.254. The maximum atomic E-state index is 13.1. The molecule has 1 aliphatic carbocycles. The highest BCUT2D eigenvalue weighted by molar-refractivity contribution is 6.04. The smallest absolute Gasteiger partial charge is 0.328 e. The summed E-state index contributed by atoms with van der Waals surface area (Å²) >= 11 is 0. The van der Waals surface area contributed by atoms with Crippen LogP contribution >= 0.6 is 0 Å². The Kier molecular flexibility index (Phi) is 3.88. The highest BCUT2D eigenvalue weighted by atomic mass is 16.7. The molecule has 26 heavy (non-hydrogen) atoms. The molecule has 1 saturated carbocycles. The molecule has 0 radical (unpaired) electrons. The summed E-state index contributed by atoms with van der Waals surface area (Å²) in [4.78, 5) is 26.3. The van der Waals surface area contributed by atoms with E-state index < -0.39 is 40.4 Å². The minimum atomic E-state index is -1.82. The van der Waals surface area contributed by atoms with Crippen LogP contribution in [-0.2, 0) is 19.1 Å². The van der Waals surface area contributed by atoms with Crippen molar-refractivity contribution in [3.05, 3.63) is 48.6 Å². The van der Waals surface area contributed by atoms with Crippen LogP contribution in [0.1, 0.15) is 31.7 Å². The van der Waals surface area contributed by atoms with E-state index >= 15 is 0 Å². The Bertz CT molecular complexity index is 826. The van der Waals surface area contributed by atoms with Gasteiger partial charge in [0.15, 0.2) is 10.8 Å². The lowest BCUT2D eigenvalue weighted by Crippen LogP contribution is -2.58. The first-order valence-corrected chi connectivity index (χ1v) is 8.24. The monoisotopic (exact) mass is 350 g/mol. The number of nitrogens with zero attached hydrogens (tertiary/aromatic N) is 2. The van der Waals surface area contributed by atoms with E-state index in [-0.39, 0.29) is 6.42 Å². The molecule has 2 unspecified atom stereocenters. The maximum absolute atomic E-state index is 13.1. The fourth-order valence-electron chi connectivity index (χ4n) is 4.19. The summed E-state index contributed by atoms with van der Waals surface area (Å²) in [5, 5.41) is 19.7. The first kappa shape index (κ1) is 17.7. The molecule has 1 spiro atoms. The minimum absolute atomic E-state index is 0.00626. The zero-order valence-electron chi connectivity index (χ0n) is 14.6. The summed E-state index contributed by atoms with van der Waals surface area (Å²) in [5.41, 5.74) is -2.86. The Hall–Kier alpha value is -3.12. The van der Waals surface area contributed by atoms with Crippen molar-refractivity contribution in [3.63, 3.8) is 0 Å². The third-order valence-corrected chi connectivity index (χ3v) is 5.24. The Morgan fingerprint density at radius 2 is 1.65 bits per heavy atom. The molecule has 2 fully saturated rings. The molecule has 132 valence electrons. The first-order valence-electron chi connectivity index (χ1n) is 8.24. The third-order valence-electron chi connectivity index (χ3n) is 5.24. The number of rotatable bonds is 2. The normalized spacial score (nSPS) is 27.7. The van der Waals surface area contributed by atoms with Gasteiger partial charge in [0.25, 0.3) is 5.79 Å². The van der Waals surface area contributed by atoms with Gasteiger partial charge in [0.2, 0.25) is 0 Å². The molecule has 1 aliphatic heterocycles. The largest absolute Gasteiger partial charge is 0.422 e. The highest BCUT2D eigenvalue weighted by Gasteiger charge is 2.74. The van der Waals surface area contributed by atoms with Crippen molar-refractivity contribution >= 4 is 11.9 Å². The number of hydrogen-bond acceptors (Lipinski definition) is 6. The average molecular weight is 350 g/mol. The number of nitriles is 2. The second-order valence-electron chi connectivity index (χ2n) is 7.13. The molecule has 0 N–H and O–H groups in total. The molecule has 3 rings (SSSR count). The van der Waals surface area contributed by atoms with Gasteiger partial charge >= 0.3 is 11.9 Å².